The SMILES string of the molecule is c1occ2c1COOS2. The predicted octanol–water partition coefficient (Wildman–Crippen LogP) is 1.75. The molecule has 1 aromatic heterocycles. The van der Waals surface area contributed by atoms with Crippen molar-refractivity contribution in [1.29, 1.82) is 0 Å². The average Bonchev–Trinajstić information content (AvgIpc) is 2.33. The first kappa shape index (κ1) is 5.34. The quantitative estimate of drug-likeness (QED) is 0.410. The first-order chi connectivity index (χ1) is 4.47. The van der Waals surface area contributed by atoms with Gasteiger partial charge in [0.05, 0.1) is 23.2 Å². The molecular weight excluding hydrogens is 140 g/mol. The van der Waals surface area contributed by atoms with Gasteiger partial charge in [0.25, 0.3) is 0 Å². The van der Waals surface area contributed by atoms with Crippen molar-refractivity contribution in [3.05, 3.63) is 18.1 Å². The highest BCUT2D eigenvalue weighted by Crippen LogP contribution is 2.29. The van der Waals surface area contributed by atoms with Crippen LogP contribution in [0.2, 0.25) is 0 Å². The molecule has 0 unspecified atom stereocenters. The van der Waals surface area contributed by atoms with Gasteiger partial charge in [0.2, 0.25) is 0 Å². The Hall–Kier alpha value is -0.450. The fourth-order valence-corrected chi connectivity index (χ4v) is 1.12. The second-order valence-electron chi connectivity index (χ2n) is 1.67. The third-order valence-electron chi connectivity index (χ3n) is 1.09. The number of hydrogen-bond acceptors (Lipinski definition) is 4. The van der Waals surface area contributed by atoms with E-state index in [4.69, 9.17) is 4.42 Å². The minimum atomic E-state index is 0.485. The van der Waals surface area contributed by atoms with E-state index in [2.05, 4.69) is 9.22 Å². The average molecular weight is 144 g/mol. The van der Waals surface area contributed by atoms with Gasteiger partial charge in [-0.25, -0.2) is 4.89 Å². The third kappa shape index (κ3) is 0.849. The monoisotopic (exact) mass is 144 g/mol. The summed E-state index contributed by atoms with van der Waals surface area (Å²) in [6, 6.07) is 0. The maximum absolute atomic E-state index is 4.89. The molecule has 0 fully saturated rings. The molecule has 0 aliphatic carbocycles. The van der Waals surface area contributed by atoms with Crippen LogP contribution in [0.15, 0.2) is 21.8 Å². The van der Waals surface area contributed by atoms with Gasteiger partial charge in [-0.1, -0.05) is 0 Å². The molecule has 0 amide bonds. The van der Waals surface area contributed by atoms with Gasteiger partial charge in [0.1, 0.15) is 12.9 Å². The van der Waals surface area contributed by atoms with E-state index in [1.807, 2.05) is 0 Å². The van der Waals surface area contributed by atoms with Crippen molar-refractivity contribution in [3.63, 3.8) is 0 Å². The lowest BCUT2D eigenvalue weighted by molar-refractivity contribution is -0.207. The third-order valence-corrected chi connectivity index (χ3v) is 1.79. The molecule has 1 aliphatic rings. The molecule has 9 heavy (non-hydrogen) atoms. The maximum atomic E-state index is 4.89. The molecule has 2 heterocycles. The van der Waals surface area contributed by atoms with Gasteiger partial charge in [-0.15, -0.1) is 0 Å². The summed E-state index contributed by atoms with van der Waals surface area (Å²) >= 11 is 1.18. The molecule has 1 aromatic rings. The summed E-state index contributed by atoms with van der Waals surface area (Å²) in [4.78, 5) is 5.66. The van der Waals surface area contributed by atoms with E-state index in [0.717, 1.165) is 10.5 Å². The molecule has 0 saturated carbocycles. The number of furan rings is 1. The Balaban J connectivity index is 2.39. The number of hydrogen-bond donors (Lipinski definition) is 0. The highest BCUT2D eigenvalue weighted by atomic mass is 32.2. The van der Waals surface area contributed by atoms with Gasteiger partial charge < -0.3 is 4.42 Å². The van der Waals surface area contributed by atoms with Crippen LogP contribution < -0.4 is 0 Å². The van der Waals surface area contributed by atoms with Gasteiger partial charge in [0, 0.05) is 5.56 Å². The van der Waals surface area contributed by atoms with Crippen LogP contribution in [-0.2, 0) is 15.8 Å². The topological polar surface area (TPSA) is 31.6 Å². The van der Waals surface area contributed by atoms with E-state index < -0.39 is 0 Å². The van der Waals surface area contributed by atoms with Gasteiger partial charge in [-0.2, -0.15) is 4.33 Å². The Morgan fingerprint density at radius 1 is 1.44 bits per heavy atom. The van der Waals surface area contributed by atoms with E-state index in [1.54, 1.807) is 12.5 Å². The van der Waals surface area contributed by atoms with Crippen LogP contribution in [0.25, 0.3) is 0 Å². The van der Waals surface area contributed by atoms with Crippen molar-refractivity contribution in [1.82, 2.24) is 0 Å². The largest absolute Gasteiger partial charge is 0.471 e. The van der Waals surface area contributed by atoms with Crippen molar-refractivity contribution >= 4 is 12.0 Å². The Kier molecular flexibility index (Phi) is 1.22. The fourth-order valence-electron chi connectivity index (χ4n) is 0.638. The molecule has 0 N–H and O–H groups in total. The van der Waals surface area contributed by atoms with Crippen LogP contribution in [0.1, 0.15) is 5.56 Å². The molecule has 1 aliphatic heterocycles. The Morgan fingerprint density at radius 3 is 3.33 bits per heavy atom. The van der Waals surface area contributed by atoms with Crippen molar-refractivity contribution in [2.24, 2.45) is 0 Å². The summed E-state index contributed by atoms with van der Waals surface area (Å²) in [6.07, 6.45) is 3.30. The zero-order chi connectivity index (χ0) is 6.10. The molecule has 2 rings (SSSR count). The number of fused-ring (bicyclic) bond motifs is 1. The fraction of sp³-hybridized carbons (Fsp3) is 0.200. The molecule has 3 nitrogen and oxygen atoms in total. The molecule has 0 radical (unpaired) electrons. The first-order valence-corrected chi connectivity index (χ1v) is 3.22. The Bertz CT molecular complexity index is 187. The number of rotatable bonds is 0. The predicted molar refractivity (Wildman–Crippen MR) is 30.4 cm³/mol. The van der Waals surface area contributed by atoms with Crippen molar-refractivity contribution in [3.8, 4) is 0 Å². The smallest absolute Gasteiger partial charge is 0.113 e. The Labute approximate surface area is 56.1 Å². The summed E-state index contributed by atoms with van der Waals surface area (Å²) in [5.74, 6) is 0. The normalized spacial score (nSPS) is 17.3. The molecule has 0 spiro atoms. The van der Waals surface area contributed by atoms with E-state index in [0.29, 0.717) is 6.61 Å². The van der Waals surface area contributed by atoms with Crippen molar-refractivity contribution < 1.29 is 13.6 Å². The summed E-state index contributed by atoms with van der Waals surface area (Å²) < 4.78 is 9.50. The van der Waals surface area contributed by atoms with E-state index >= 15 is 0 Å². The van der Waals surface area contributed by atoms with Gasteiger partial charge in [0.15, 0.2) is 0 Å². The lowest BCUT2D eigenvalue weighted by Gasteiger charge is -2.06. The molecule has 0 saturated heterocycles. The minimum absolute atomic E-state index is 0.485. The molecular formula is C5H4O3S. The molecule has 0 aromatic carbocycles. The lowest BCUT2D eigenvalue weighted by atomic mass is 10.4. The van der Waals surface area contributed by atoms with Crippen LogP contribution in [0.3, 0.4) is 0 Å². The van der Waals surface area contributed by atoms with Gasteiger partial charge in [-0.3, -0.25) is 0 Å². The van der Waals surface area contributed by atoms with Crippen LogP contribution in [0.5, 0.6) is 0 Å². The second kappa shape index (κ2) is 2.06. The van der Waals surface area contributed by atoms with E-state index in [-0.39, 0.29) is 0 Å². The van der Waals surface area contributed by atoms with Gasteiger partial charge >= 0.3 is 0 Å². The van der Waals surface area contributed by atoms with Crippen molar-refractivity contribution in [2.75, 3.05) is 0 Å². The lowest BCUT2D eigenvalue weighted by Crippen LogP contribution is -1.95. The summed E-state index contributed by atoms with van der Waals surface area (Å²) in [6.45, 7) is 0.485. The summed E-state index contributed by atoms with van der Waals surface area (Å²) in [5, 5.41) is 0. The maximum Gasteiger partial charge on any atom is 0.113 e. The molecule has 48 valence electrons. The molecule has 0 atom stereocenters. The Morgan fingerprint density at radius 2 is 2.44 bits per heavy atom. The second-order valence-corrected chi connectivity index (χ2v) is 2.42. The first-order valence-electron chi connectivity index (χ1n) is 2.48. The van der Waals surface area contributed by atoms with E-state index in [1.165, 1.54) is 12.0 Å². The zero-order valence-corrected chi connectivity index (χ0v) is 5.31. The summed E-state index contributed by atoms with van der Waals surface area (Å²) in [5.41, 5.74) is 1.05. The molecule has 0 bridgehead atoms. The minimum Gasteiger partial charge on any atom is -0.471 e. The van der Waals surface area contributed by atoms with E-state index in [9.17, 15) is 0 Å². The van der Waals surface area contributed by atoms with Crippen LogP contribution in [0.4, 0.5) is 0 Å². The van der Waals surface area contributed by atoms with Crippen LogP contribution >= 0.6 is 12.0 Å². The van der Waals surface area contributed by atoms with Gasteiger partial charge in [-0.05, 0) is 0 Å². The highest BCUT2D eigenvalue weighted by Gasteiger charge is 2.12. The molecule has 4 heteroatoms. The van der Waals surface area contributed by atoms with Crippen LogP contribution in [0, 0.1) is 0 Å². The van der Waals surface area contributed by atoms with Crippen molar-refractivity contribution in [2.45, 2.75) is 11.5 Å². The van der Waals surface area contributed by atoms with Crippen LogP contribution in [-0.4, -0.2) is 0 Å². The standard InChI is InChI=1S/C5H4O3S/c1-4-2-7-8-9-5(4)3-6-1/h1,3H,2H2. The highest BCUT2D eigenvalue weighted by molar-refractivity contribution is 7.94. The summed E-state index contributed by atoms with van der Waals surface area (Å²) in [7, 11) is 0. The zero-order valence-electron chi connectivity index (χ0n) is 4.49.